The van der Waals surface area contributed by atoms with Gasteiger partial charge < -0.3 is 0 Å². The summed E-state index contributed by atoms with van der Waals surface area (Å²) in [5.41, 5.74) is 2.41. The van der Waals surface area contributed by atoms with Crippen molar-refractivity contribution in [1.82, 2.24) is 4.90 Å². The molecule has 0 fully saturated rings. The van der Waals surface area contributed by atoms with Gasteiger partial charge in [0.15, 0.2) is 0 Å². The summed E-state index contributed by atoms with van der Waals surface area (Å²) < 4.78 is 38.0. The maximum Gasteiger partial charge on any atom is 0.416 e. The van der Waals surface area contributed by atoms with Crippen molar-refractivity contribution >= 4 is 0 Å². The molecule has 0 radical (unpaired) electrons. The van der Waals surface area contributed by atoms with E-state index in [2.05, 4.69) is 0 Å². The van der Waals surface area contributed by atoms with Gasteiger partial charge in [0.25, 0.3) is 0 Å². The van der Waals surface area contributed by atoms with E-state index in [0.717, 1.165) is 11.6 Å². The van der Waals surface area contributed by atoms with E-state index in [4.69, 9.17) is 0 Å². The topological polar surface area (TPSA) is 3.24 Å². The number of hydrogen-bond donors (Lipinski definition) is 0. The fourth-order valence-electron chi connectivity index (χ4n) is 2.22. The standard InChI is InChI=1S/C17H18F3N.C2H6/c1-13-6-8-14(9-7-13)11-21(2)12-15-4-3-5-16(10-15)17(18,19)20;1-2/h3-10H,11-12H2,1-2H3;1-2H3. The molecule has 0 amide bonds. The number of alkyl halides is 3. The van der Waals surface area contributed by atoms with E-state index in [9.17, 15) is 13.2 Å². The minimum Gasteiger partial charge on any atom is -0.298 e. The first-order chi connectivity index (χ1) is 10.8. The number of rotatable bonds is 4. The van der Waals surface area contributed by atoms with Crippen LogP contribution in [0, 0.1) is 6.92 Å². The zero-order valence-corrected chi connectivity index (χ0v) is 14.1. The minimum atomic E-state index is -4.29. The van der Waals surface area contributed by atoms with Gasteiger partial charge in [-0.1, -0.05) is 61.9 Å². The number of aryl methyl sites for hydroxylation is 1. The molecule has 0 aliphatic heterocycles. The van der Waals surface area contributed by atoms with Crippen molar-refractivity contribution in [2.75, 3.05) is 7.05 Å². The average molecular weight is 323 g/mol. The Bertz CT molecular complexity index is 588. The van der Waals surface area contributed by atoms with Gasteiger partial charge in [-0.2, -0.15) is 13.2 Å². The van der Waals surface area contributed by atoms with Gasteiger partial charge in [-0.3, -0.25) is 4.90 Å². The van der Waals surface area contributed by atoms with Crippen LogP contribution in [0.1, 0.15) is 36.1 Å². The highest BCUT2D eigenvalue weighted by atomic mass is 19.4. The Morgan fingerprint density at radius 2 is 1.43 bits per heavy atom. The van der Waals surface area contributed by atoms with E-state index in [1.807, 2.05) is 57.0 Å². The lowest BCUT2D eigenvalue weighted by Crippen LogP contribution is -2.17. The quantitative estimate of drug-likeness (QED) is 0.700. The molecule has 0 spiro atoms. The van der Waals surface area contributed by atoms with Gasteiger partial charge in [0.2, 0.25) is 0 Å². The second-order valence-corrected chi connectivity index (χ2v) is 5.36. The van der Waals surface area contributed by atoms with Crippen LogP contribution < -0.4 is 0 Å². The SMILES string of the molecule is CC.Cc1ccc(CN(C)Cc2cccc(C(F)(F)F)c2)cc1. The maximum atomic E-state index is 12.7. The molecule has 2 aromatic carbocycles. The summed E-state index contributed by atoms with van der Waals surface area (Å²) in [6.45, 7) is 7.21. The van der Waals surface area contributed by atoms with Crippen LogP contribution in [0.2, 0.25) is 0 Å². The van der Waals surface area contributed by atoms with Crippen molar-refractivity contribution < 1.29 is 13.2 Å². The Balaban J connectivity index is 0.00000127. The van der Waals surface area contributed by atoms with Gasteiger partial charge in [0, 0.05) is 13.1 Å². The maximum absolute atomic E-state index is 12.7. The second kappa shape index (κ2) is 8.73. The zero-order valence-electron chi connectivity index (χ0n) is 14.1. The highest BCUT2D eigenvalue weighted by Gasteiger charge is 2.30. The molecular formula is C19H24F3N. The fraction of sp³-hybridized carbons (Fsp3) is 0.368. The molecule has 0 unspecified atom stereocenters. The number of hydrogen-bond acceptors (Lipinski definition) is 1. The second-order valence-electron chi connectivity index (χ2n) is 5.36. The predicted molar refractivity (Wildman–Crippen MR) is 89.1 cm³/mol. The average Bonchev–Trinajstić information content (AvgIpc) is 2.51. The minimum absolute atomic E-state index is 0.484. The lowest BCUT2D eigenvalue weighted by molar-refractivity contribution is -0.137. The molecule has 2 rings (SSSR count). The van der Waals surface area contributed by atoms with Crippen LogP contribution in [0.5, 0.6) is 0 Å². The Morgan fingerprint density at radius 3 is 2.00 bits per heavy atom. The highest BCUT2D eigenvalue weighted by molar-refractivity contribution is 5.26. The molecule has 2 aromatic rings. The van der Waals surface area contributed by atoms with Crippen LogP contribution in [-0.2, 0) is 19.3 Å². The Kier molecular flexibility index (Phi) is 7.30. The van der Waals surface area contributed by atoms with Crippen molar-refractivity contribution in [2.24, 2.45) is 0 Å². The molecule has 0 saturated heterocycles. The van der Waals surface area contributed by atoms with E-state index < -0.39 is 11.7 Å². The van der Waals surface area contributed by atoms with Crippen molar-refractivity contribution in [2.45, 2.75) is 40.0 Å². The summed E-state index contributed by atoms with van der Waals surface area (Å²) in [6.07, 6.45) is -4.29. The fourth-order valence-corrected chi connectivity index (χ4v) is 2.22. The third-order valence-corrected chi connectivity index (χ3v) is 3.28. The summed E-state index contributed by atoms with van der Waals surface area (Å²) in [5, 5.41) is 0. The molecule has 0 bridgehead atoms. The predicted octanol–water partition coefficient (Wildman–Crippen LogP) is 5.67. The van der Waals surface area contributed by atoms with Gasteiger partial charge in [-0.15, -0.1) is 0 Å². The van der Waals surface area contributed by atoms with Crippen molar-refractivity contribution in [3.05, 3.63) is 70.8 Å². The molecular weight excluding hydrogens is 299 g/mol. The first-order valence-electron chi connectivity index (χ1n) is 7.75. The molecule has 0 aliphatic rings. The highest BCUT2D eigenvalue weighted by Crippen LogP contribution is 2.29. The van der Waals surface area contributed by atoms with E-state index in [-0.39, 0.29) is 0 Å². The number of benzene rings is 2. The van der Waals surface area contributed by atoms with Gasteiger partial charge in [-0.25, -0.2) is 0 Å². The van der Waals surface area contributed by atoms with Gasteiger partial charge in [0.1, 0.15) is 0 Å². The summed E-state index contributed by atoms with van der Waals surface area (Å²) in [6, 6.07) is 13.6. The lowest BCUT2D eigenvalue weighted by Gasteiger charge is -2.18. The summed E-state index contributed by atoms with van der Waals surface area (Å²) in [4.78, 5) is 2.00. The van der Waals surface area contributed by atoms with E-state index in [1.54, 1.807) is 6.07 Å². The molecule has 0 saturated carbocycles. The Hall–Kier alpha value is -1.81. The molecule has 0 aliphatic carbocycles. The van der Waals surface area contributed by atoms with Gasteiger partial charge in [0.05, 0.1) is 5.56 Å². The van der Waals surface area contributed by atoms with Crippen molar-refractivity contribution in [1.29, 1.82) is 0 Å². The van der Waals surface area contributed by atoms with Crippen molar-refractivity contribution in [3.63, 3.8) is 0 Å². The van der Waals surface area contributed by atoms with E-state index in [1.165, 1.54) is 17.7 Å². The molecule has 4 heteroatoms. The number of halogens is 3. The third kappa shape index (κ3) is 6.45. The molecule has 23 heavy (non-hydrogen) atoms. The molecule has 0 atom stereocenters. The third-order valence-electron chi connectivity index (χ3n) is 3.28. The summed E-state index contributed by atoms with van der Waals surface area (Å²) in [7, 11) is 1.90. The normalized spacial score (nSPS) is 11.1. The molecule has 1 nitrogen and oxygen atoms in total. The van der Waals surface area contributed by atoms with Crippen LogP contribution in [0.15, 0.2) is 48.5 Å². The molecule has 0 heterocycles. The van der Waals surface area contributed by atoms with Crippen LogP contribution in [-0.4, -0.2) is 11.9 Å². The van der Waals surface area contributed by atoms with Crippen LogP contribution in [0.25, 0.3) is 0 Å². The van der Waals surface area contributed by atoms with E-state index in [0.29, 0.717) is 18.7 Å². The zero-order chi connectivity index (χ0) is 17.5. The Labute approximate surface area is 136 Å². The lowest BCUT2D eigenvalue weighted by atomic mass is 10.1. The molecule has 0 N–H and O–H groups in total. The Morgan fingerprint density at radius 1 is 0.870 bits per heavy atom. The molecule has 0 aromatic heterocycles. The van der Waals surface area contributed by atoms with Crippen molar-refractivity contribution in [3.8, 4) is 0 Å². The first-order valence-corrected chi connectivity index (χ1v) is 7.75. The van der Waals surface area contributed by atoms with Gasteiger partial charge >= 0.3 is 6.18 Å². The summed E-state index contributed by atoms with van der Waals surface area (Å²) >= 11 is 0. The summed E-state index contributed by atoms with van der Waals surface area (Å²) in [5.74, 6) is 0. The molecule has 126 valence electrons. The number of nitrogens with zero attached hydrogens (tertiary/aromatic N) is 1. The van der Waals surface area contributed by atoms with E-state index >= 15 is 0 Å². The van der Waals surface area contributed by atoms with Crippen LogP contribution in [0.3, 0.4) is 0 Å². The first kappa shape index (κ1) is 19.2. The monoisotopic (exact) mass is 323 g/mol. The van der Waals surface area contributed by atoms with Gasteiger partial charge in [-0.05, 0) is 31.2 Å². The largest absolute Gasteiger partial charge is 0.416 e. The van der Waals surface area contributed by atoms with Crippen LogP contribution in [0.4, 0.5) is 13.2 Å². The van der Waals surface area contributed by atoms with Crippen LogP contribution >= 0.6 is 0 Å². The smallest absolute Gasteiger partial charge is 0.298 e.